The summed E-state index contributed by atoms with van der Waals surface area (Å²) in [7, 11) is 0. The number of ether oxygens (including phenoxy) is 2. The number of rotatable bonds is 6. The van der Waals surface area contributed by atoms with Crippen molar-refractivity contribution in [1.82, 2.24) is 5.27 Å². The molecule has 0 saturated carbocycles. The number of aromatic nitrogens is 2. The van der Waals surface area contributed by atoms with E-state index in [4.69, 9.17) is 14.0 Å². The van der Waals surface area contributed by atoms with Crippen molar-refractivity contribution >= 4 is 23.4 Å². The Morgan fingerprint density at radius 1 is 1.21 bits per heavy atom. The second kappa shape index (κ2) is 7.81. The van der Waals surface area contributed by atoms with Gasteiger partial charge in [-0.05, 0) is 40.3 Å². The highest BCUT2D eigenvalue weighted by Gasteiger charge is 2.30. The molecule has 9 heteroatoms. The molecule has 1 aliphatic heterocycles. The summed E-state index contributed by atoms with van der Waals surface area (Å²) in [5, 5.41) is 5.27. The van der Waals surface area contributed by atoms with Crippen molar-refractivity contribution in [2.24, 2.45) is 0 Å². The van der Waals surface area contributed by atoms with Gasteiger partial charge in [-0.2, -0.15) is 0 Å². The van der Waals surface area contributed by atoms with Gasteiger partial charge in [0.1, 0.15) is 0 Å². The summed E-state index contributed by atoms with van der Waals surface area (Å²) in [6.07, 6.45) is 0.528. The van der Waals surface area contributed by atoms with Crippen LogP contribution in [0.1, 0.15) is 13.3 Å². The molecule has 1 aliphatic rings. The van der Waals surface area contributed by atoms with Gasteiger partial charge in [-0.1, -0.05) is 25.1 Å². The largest absolute Gasteiger partial charge is 0.454 e. The van der Waals surface area contributed by atoms with E-state index in [0.29, 0.717) is 28.6 Å². The quantitative estimate of drug-likeness (QED) is 0.487. The molecule has 1 amide bonds. The van der Waals surface area contributed by atoms with E-state index in [1.807, 2.05) is 37.3 Å². The SMILES string of the molecule is CCC(Sc1c(=O)o[nH][n+]1-c1ccccc1)C(=O)Nc1ccc2c(c1)OCO2. The van der Waals surface area contributed by atoms with Gasteiger partial charge in [0, 0.05) is 23.9 Å². The molecule has 28 heavy (non-hydrogen) atoms. The van der Waals surface area contributed by atoms with Gasteiger partial charge < -0.3 is 14.8 Å². The first kappa shape index (κ1) is 18.2. The smallest absolute Gasteiger partial charge is 0.442 e. The first-order chi connectivity index (χ1) is 13.7. The minimum atomic E-state index is -0.525. The van der Waals surface area contributed by atoms with Crippen LogP contribution in [0.25, 0.3) is 5.69 Å². The fraction of sp³-hybridized carbons (Fsp3) is 0.211. The first-order valence-corrected chi connectivity index (χ1v) is 9.60. The minimum absolute atomic E-state index is 0.170. The normalized spacial score (nSPS) is 13.3. The molecule has 0 spiro atoms. The average molecular weight is 400 g/mol. The number of benzene rings is 2. The highest BCUT2D eigenvalue weighted by Crippen LogP contribution is 2.34. The number of carbonyl (C=O) groups excluding carboxylic acids is 1. The Labute approximate surface area is 164 Å². The third-order valence-electron chi connectivity index (χ3n) is 4.18. The molecule has 0 bridgehead atoms. The molecule has 8 nitrogen and oxygen atoms in total. The summed E-state index contributed by atoms with van der Waals surface area (Å²) in [4.78, 5) is 24.9. The molecular formula is C19H18N3O5S+. The molecule has 0 saturated heterocycles. The molecule has 4 rings (SSSR count). The summed E-state index contributed by atoms with van der Waals surface area (Å²) in [6.45, 7) is 2.06. The number of nitrogens with zero attached hydrogens (tertiary/aromatic N) is 1. The van der Waals surface area contributed by atoms with Crippen LogP contribution >= 0.6 is 11.8 Å². The lowest BCUT2D eigenvalue weighted by Crippen LogP contribution is -2.37. The lowest BCUT2D eigenvalue weighted by Gasteiger charge is -2.12. The first-order valence-electron chi connectivity index (χ1n) is 8.72. The topological polar surface area (TPSA) is 97.4 Å². The number of para-hydroxylation sites is 1. The molecule has 2 aromatic carbocycles. The monoisotopic (exact) mass is 400 g/mol. The van der Waals surface area contributed by atoms with Crippen molar-refractivity contribution < 1.29 is 23.5 Å². The number of nitrogens with one attached hydrogen (secondary N) is 2. The Balaban J connectivity index is 1.53. The Hall–Kier alpha value is -3.20. The molecule has 3 aromatic rings. The van der Waals surface area contributed by atoms with E-state index in [2.05, 4.69) is 10.6 Å². The number of carbonyl (C=O) groups is 1. The number of anilines is 1. The molecule has 0 fully saturated rings. The highest BCUT2D eigenvalue weighted by molar-refractivity contribution is 8.00. The number of H-pyrrole nitrogens is 1. The summed E-state index contributed by atoms with van der Waals surface area (Å²) < 4.78 is 17.1. The molecule has 2 heterocycles. The van der Waals surface area contributed by atoms with Crippen LogP contribution in [0.4, 0.5) is 5.69 Å². The number of amides is 1. The van der Waals surface area contributed by atoms with E-state index in [-0.39, 0.29) is 12.7 Å². The Morgan fingerprint density at radius 3 is 2.79 bits per heavy atom. The van der Waals surface area contributed by atoms with Gasteiger partial charge in [0.2, 0.25) is 18.4 Å². The van der Waals surface area contributed by atoms with E-state index in [0.717, 1.165) is 17.4 Å². The van der Waals surface area contributed by atoms with Crippen LogP contribution in [-0.4, -0.2) is 23.2 Å². The zero-order valence-corrected chi connectivity index (χ0v) is 15.8. The predicted molar refractivity (Wildman–Crippen MR) is 102 cm³/mol. The average Bonchev–Trinajstić information content (AvgIpc) is 3.32. The van der Waals surface area contributed by atoms with Crippen LogP contribution in [0.3, 0.4) is 0 Å². The number of hydrogen-bond donors (Lipinski definition) is 2. The maximum absolute atomic E-state index is 12.8. The standard InChI is InChI=1S/C19H17N3O5S/c1-2-16(17(23)20-12-8-9-14-15(10-12)26-11-25-14)28-18-19(24)27-21-22(18)13-6-4-3-5-7-13/h3-10,16H,2,11H2,1H3,(H-,20,21,23,24)/p+1. The molecule has 2 N–H and O–H groups in total. The summed E-state index contributed by atoms with van der Waals surface area (Å²) in [5.41, 5.74) is 0.815. The van der Waals surface area contributed by atoms with Crippen molar-refractivity contribution in [3.63, 3.8) is 0 Å². The summed E-state index contributed by atoms with van der Waals surface area (Å²) in [6, 6.07) is 14.5. The van der Waals surface area contributed by atoms with Crippen molar-refractivity contribution in [3.05, 3.63) is 59.0 Å². The zero-order valence-electron chi connectivity index (χ0n) is 15.0. The van der Waals surface area contributed by atoms with Gasteiger partial charge in [0.25, 0.3) is 0 Å². The fourth-order valence-corrected chi connectivity index (χ4v) is 3.75. The third-order valence-corrected chi connectivity index (χ3v) is 5.58. The lowest BCUT2D eigenvalue weighted by molar-refractivity contribution is -0.704. The maximum atomic E-state index is 12.8. The second-order valence-electron chi connectivity index (χ2n) is 6.03. The third kappa shape index (κ3) is 3.61. The van der Waals surface area contributed by atoms with Crippen LogP contribution < -0.4 is 25.1 Å². The van der Waals surface area contributed by atoms with Gasteiger partial charge in [-0.3, -0.25) is 9.32 Å². The number of fused-ring (bicyclic) bond motifs is 1. The Kier molecular flexibility index (Phi) is 5.07. The van der Waals surface area contributed by atoms with E-state index in [1.54, 1.807) is 18.2 Å². The van der Waals surface area contributed by atoms with Crippen LogP contribution in [-0.2, 0) is 4.79 Å². The zero-order chi connectivity index (χ0) is 19.5. The van der Waals surface area contributed by atoms with Gasteiger partial charge in [-0.25, -0.2) is 4.79 Å². The molecular weight excluding hydrogens is 382 g/mol. The number of thioether (sulfide) groups is 1. The van der Waals surface area contributed by atoms with Gasteiger partial charge in [0.05, 0.1) is 5.25 Å². The molecule has 1 unspecified atom stereocenters. The highest BCUT2D eigenvalue weighted by atomic mass is 32.2. The molecule has 144 valence electrons. The Morgan fingerprint density at radius 2 is 2.00 bits per heavy atom. The van der Waals surface area contributed by atoms with Gasteiger partial charge >= 0.3 is 10.7 Å². The van der Waals surface area contributed by atoms with Crippen molar-refractivity contribution in [2.45, 2.75) is 23.6 Å². The lowest BCUT2D eigenvalue weighted by atomic mass is 10.2. The second-order valence-corrected chi connectivity index (χ2v) is 7.22. The number of aromatic amines is 1. The van der Waals surface area contributed by atoms with Crippen molar-refractivity contribution in [1.29, 1.82) is 0 Å². The van der Waals surface area contributed by atoms with Crippen LogP contribution in [0.15, 0.2) is 62.9 Å². The van der Waals surface area contributed by atoms with E-state index < -0.39 is 10.9 Å². The molecule has 0 radical (unpaired) electrons. The fourth-order valence-electron chi connectivity index (χ4n) is 2.77. The molecule has 1 atom stereocenters. The Bertz CT molecular complexity index is 1050. The van der Waals surface area contributed by atoms with E-state index in [1.165, 1.54) is 4.68 Å². The molecule has 1 aromatic heterocycles. The minimum Gasteiger partial charge on any atom is -0.454 e. The van der Waals surface area contributed by atoms with Gasteiger partial charge in [0.15, 0.2) is 11.5 Å². The van der Waals surface area contributed by atoms with E-state index >= 15 is 0 Å². The maximum Gasteiger partial charge on any atom is 0.442 e. The van der Waals surface area contributed by atoms with Gasteiger partial charge in [-0.15, -0.1) is 0 Å². The number of hydrogen-bond acceptors (Lipinski definition) is 6. The van der Waals surface area contributed by atoms with Crippen molar-refractivity contribution in [3.8, 4) is 17.2 Å². The van der Waals surface area contributed by atoms with E-state index in [9.17, 15) is 9.59 Å². The van der Waals surface area contributed by atoms with Crippen molar-refractivity contribution in [2.75, 3.05) is 12.1 Å². The molecule has 0 aliphatic carbocycles. The predicted octanol–water partition coefficient (Wildman–Crippen LogP) is 2.48. The summed E-state index contributed by atoms with van der Waals surface area (Å²) >= 11 is 1.15. The van der Waals surface area contributed by atoms with Crippen LogP contribution in [0, 0.1) is 0 Å². The van der Waals surface area contributed by atoms with Crippen LogP contribution in [0.5, 0.6) is 11.5 Å². The van der Waals surface area contributed by atoms with Crippen LogP contribution in [0.2, 0.25) is 0 Å². The summed E-state index contributed by atoms with van der Waals surface area (Å²) in [5.74, 6) is 1.02.